The molecule has 0 saturated heterocycles. The molecule has 2 N–H and O–H groups in total. The minimum atomic E-state index is -0.594. The monoisotopic (exact) mass is 278 g/mol. The minimum Gasteiger partial charge on any atom is -0.444 e. The van der Waals surface area contributed by atoms with Crippen molar-refractivity contribution in [2.24, 2.45) is 0 Å². The quantitative estimate of drug-likeness (QED) is 0.886. The molecule has 110 valence electrons. The van der Waals surface area contributed by atoms with E-state index in [1.165, 1.54) is 0 Å². The first-order valence-electron chi connectivity index (χ1n) is 6.56. The molecule has 0 unspecified atom stereocenters. The second kappa shape index (κ2) is 6.93. The highest BCUT2D eigenvalue weighted by Crippen LogP contribution is 2.07. The molecule has 0 aliphatic rings. The van der Waals surface area contributed by atoms with E-state index in [1.807, 2.05) is 31.2 Å². The fourth-order valence-corrected chi connectivity index (χ4v) is 1.53. The topological polar surface area (TPSA) is 67.4 Å². The van der Waals surface area contributed by atoms with E-state index in [0.29, 0.717) is 6.54 Å². The Morgan fingerprint density at radius 2 is 1.80 bits per heavy atom. The molecule has 0 radical (unpaired) electrons. The first-order chi connectivity index (χ1) is 9.28. The van der Waals surface area contributed by atoms with Crippen LogP contribution in [0.1, 0.15) is 31.9 Å². The molecule has 0 aliphatic carbocycles. The summed E-state index contributed by atoms with van der Waals surface area (Å²) < 4.78 is 5.04. The second-order valence-corrected chi connectivity index (χ2v) is 5.56. The van der Waals surface area contributed by atoms with Gasteiger partial charge in [-0.3, -0.25) is 4.79 Å². The number of ether oxygens (including phenoxy) is 1. The largest absolute Gasteiger partial charge is 0.444 e. The zero-order valence-electron chi connectivity index (χ0n) is 12.4. The van der Waals surface area contributed by atoms with Crippen LogP contribution in [0.4, 0.5) is 4.79 Å². The van der Waals surface area contributed by atoms with Gasteiger partial charge < -0.3 is 15.4 Å². The van der Waals surface area contributed by atoms with E-state index in [2.05, 4.69) is 10.6 Å². The number of amides is 2. The van der Waals surface area contributed by atoms with Gasteiger partial charge in [-0.05, 0) is 38.8 Å². The molecule has 0 spiro atoms. The van der Waals surface area contributed by atoms with Crippen LogP contribution in [0.15, 0.2) is 24.3 Å². The molecule has 0 saturated carbocycles. The Balaban J connectivity index is 2.31. The van der Waals surface area contributed by atoms with Crippen LogP contribution in [0.25, 0.3) is 0 Å². The number of aryl methyl sites for hydroxylation is 1. The maximum Gasteiger partial charge on any atom is 0.408 e. The van der Waals surface area contributed by atoms with Gasteiger partial charge in [0.1, 0.15) is 12.1 Å². The maximum absolute atomic E-state index is 11.6. The van der Waals surface area contributed by atoms with Crippen LogP contribution in [0.2, 0.25) is 0 Å². The third-order valence-corrected chi connectivity index (χ3v) is 2.53. The van der Waals surface area contributed by atoms with Crippen molar-refractivity contribution in [3.63, 3.8) is 0 Å². The summed E-state index contributed by atoms with van der Waals surface area (Å²) in [5, 5.41) is 5.17. The van der Waals surface area contributed by atoms with Crippen molar-refractivity contribution in [3.05, 3.63) is 35.4 Å². The molecule has 2 amide bonds. The second-order valence-electron chi connectivity index (χ2n) is 5.56. The van der Waals surface area contributed by atoms with Gasteiger partial charge in [0.2, 0.25) is 5.91 Å². The van der Waals surface area contributed by atoms with Crippen LogP contribution >= 0.6 is 0 Å². The van der Waals surface area contributed by atoms with Gasteiger partial charge in [0.05, 0.1) is 0 Å². The van der Waals surface area contributed by atoms with Gasteiger partial charge in [-0.1, -0.05) is 24.3 Å². The van der Waals surface area contributed by atoms with E-state index in [1.54, 1.807) is 20.8 Å². The Morgan fingerprint density at radius 1 is 1.15 bits per heavy atom. The van der Waals surface area contributed by atoms with E-state index in [4.69, 9.17) is 4.74 Å². The number of rotatable bonds is 4. The molecule has 5 heteroatoms. The summed E-state index contributed by atoms with van der Waals surface area (Å²) in [6.07, 6.45) is -0.594. The lowest BCUT2D eigenvalue weighted by atomic mass is 10.1. The van der Waals surface area contributed by atoms with Crippen molar-refractivity contribution >= 4 is 12.0 Å². The van der Waals surface area contributed by atoms with Crippen molar-refractivity contribution in [1.29, 1.82) is 0 Å². The first kappa shape index (κ1) is 16.0. The van der Waals surface area contributed by atoms with Crippen LogP contribution < -0.4 is 10.6 Å². The third kappa shape index (κ3) is 6.22. The zero-order chi connectivity index (χ0) is 15.2. The fraction of sp³-hybridized carbons (Fsp3) is 0.467. The molecule has 0 fully saturated rings. The summed E-state index contributed by atoms with van der Waals surface area (Å²) in [4.78, 5) is 23.0. The summed E-state index contributed by atoms with van der Waals surface area (Å²) in [6.45, 7) is 7.64. The first-order valence-corrected chi connectivity index (χ1v) is 6.56. The van der Waals surface area contributed by atoms with E-state index in [0.717, 1.165) is 11.1 Å². The van der Waals surface area contributed by atoms with E-state index in [9.17, 15) is 9.59 Å². The molecule has 1 aromatic rings. The van der Waals surface area contributed by atoms with Crippen LogP contribution in [-0.2, 0) is 16.1 Å². The van der Waals surface area contributed by atoms with Gasteiger partial charge >= 0.3 is 6.09 Å². The van der Waals surface area contributed by atoms with Crippen molar-refractivity contribution in [1.82, 2.24) is 10.6 Å². The minimum absolute atomic E-state index is 0.0964. The number of alkyl carbamates (subject to hydrolysis) is 1. The molecule has 20 heavy (non-hydrogen) atoms. The lowest BCUT2D eigenvalue weighted by Gasteiger charge is -2.19. The number of nitrogens with one attached hydrogen (secondary N) is 2. The lowest BCUT2D eigenvalue weighted by molar-refractivity contribution is -0.120. The lowest BCUT2D eigenvalue weighted by Crippen LogP contribution is -2.39. The van der Waals surface area contributed by atoms with Crippen LogP contribution in [0.3, 0.4) is 0 Å². The number of hydrogen-bond acceptors (Lipinski definition) is 3. The maximum atomic E-state index is 11.6. The highest BCUT2D eigenvalue weighted by Gasteiger charge is 2.16. The Morgan fingerprint density at radius 3 is 2.40 bits per heavy atom. The summed E-state index contributed by atoms with van der Waals surface area (Å²) in [6, 6.07) is 7.81. The van der Waals surface area contributed by atoms with Crippen LogP contribution in [-0.4, -0.2) is 24.1 Å². The molecule has 0 atom stereocenters. The van der Waals surface area contributed by atoms with E-state index >= 15 is 0 Å². The smallest absolute Gasteiger partial charge is 0.408 e. The van der Waals surface area contributed by atoms with E-state index in [-0.39, 0.29) is 12.5 Å². The molecule has 1 aromatic carbocycles. The van der Waals surface area contributed by atoms with E-state index < -0.39 is 11.7 Å². The van der Waals surface area contributed by atoms with Crippen molar-refractivity contribution in [2.75, 3.05) is 6.54 Å². The highest BCUT2D eigenvalue weighted by molar-refractivity contribution is 5.82. The fourth-order valence-electron chi connectivity index (χ4n) is 1.53. The Labute approximate surface area is 119 Å². The number of hydrogen-bond donors (Lipinski definition) is 2. The Kier molecular flexibility index (Phi) is 5.55. The third-order valence-electron chi connectivity index (χ3n) is 2.53. The molecular formula is C15H22N2O3. The van der Waals surface area contributed by atoms with Crippen LogP contribution in [0, 0.1) is 6.92 Å². The summed E-state index contributed by atoms with van der Waals surface area (Å²) >= 11 is 0. The molecule has 0 heterocycles. The zero-order valence-corrected chi connectivity index (χ0v) is 12.4. The standard InChI is InChI=1S/C15H22N2O3/c1-11-7-5-6-8-12(11)9-16-13(18)10-17-14(19)20-15(2,3)4/h5-8H,9-10H2,1-4H3,(H,16,18)(H,17,19). The molecule has 1 rings (SSSR count). The predicted molar refractivity (Wildman–Crippen MR) is 77.3 cm³/mol. The average Bonchev–Trinajstić information content (AvgIpc) is 2.33. The summed E-state index contributed by atoms with van der Waals surface area (Å²) in [5.74, 6) is -0.251. The summed E-state index contributed by atoms with van der Waals surface area (Å²) in [7, 11) is 0. The van der Waals surface area contributed by atoms with Gasteiger partial charge in [-0.2, -0.15) is 0 Å². The highest BCUT2D eigenvalue weighted by atomic mass is 16.6. The molecule has 0 bridgehead atoms. The Hall–Kier alpha value is -2.04. The predicted octanol–water partition coefficient (Wildman–Crippen LogP) is 2.14. The molecule has 0 aliphatic heterocycles. The molecule has 5 nitrogen and oxygen atoms in total. The van der Waals surface area contributed by atoms with Gasteiger partial charge in [0, 0.05) is 6.54 Å². The number of benzene rings is 1. The summed E-state index contributed by atoms with van der Waals surface area (Å²) in [5.41, 5.74) is 1.60. The molecular weight excluding hydrogens is 256 g/mol. The van der Waals surface area contributed by atoms with Gasteiger partial charge in [0.15, 0.2) is 0 Å². The van der Waals surface area contributed by atoms with Crippen molar-refractivity contribution in [3.8, 4) is 0 Å². The van der Waals surface area contributed by atoms with Gasteiger partial charge in [-0.15, -0.1) is 0 Å². The normalized spacial score (nSPS) is 10.8. The average molecular weight is 278 g/mol. The Bertz CT molecular complexity index is 478. The van der Waals surface area contributed by atoms with Crippen molar-refractivity contribution < 1.29 is 14.3 Å². The van der Waals surface area contributed by atoms with Gasteiger partial charge in [-0.25, -0.2) is 4.79 Å². The van der Waals surface area contributed by atoms with Crippen molar-refractivity contribution in [2.45, 2.75) is 39.8 Å². The molecule has 0 aromatic heterocycles. The van der Waals surface area contributed by atoms with Crippen LogP contribution in [0.5, 0.6) is 0 Å². The SMILES string of the molecule is Cc1ccccc1CNC(=O)CNC(=O)OC(C)(C)C. The van der Waals surface area contributed by atoms with Gasteiger partial charge in [0.25, 0.3) is 0 Å². The number of carbonyl (C=O) groups is 2. The number of carbonyl (C=O) groups excluding carboxylic acids is 2.